The van der Waals surface area contributed by atoms with Crippen LogP contribution in [0.1, 0.15) is 28.1 Å². The summed E-state index contributed by atoms with van der Waals surface area (Å²) in [6, 6.07) is 4.97. The summed E-state index contributed by atoms with van der Waals surface area (Å²) < 4.78 is 37.7. The number of hydrogen-bond donors (Lipinski definition) is 2. The summed E-state index contributed by atoms with van der Waals surface area (Å²) in [5, 5.41) is 8.79. The molecular weight excluding hydrogens is 324 g/mol. The van der Waals surface area contributed by atoms with Crippen molar-refractivity contribution in [3.05, 3.63) is 47.7 Å². The van der Waals surface area contributed by atoms with Crippen LogP contribution in [0.5, 0.6) is 0 Å². The molecule has 0 aromatic carbocycles. The first-order valence-corrected chi connectivity index (χ1v) is 8.09. The summed E-state index contributed by atoms with van der Waals surface area (Å²) in [6.45, 7) is 1.82. The highest BCUT2D eigenvalue weighted by molar-refractivity contribution is 7.89. The molecule has 0 saturated carbocycles. The lowest BCUT2D eigenvalue weighted by molar-refractivity contribution is 0.0690. The number of aromatic nitrogens is 1. The standard InChI is InChI=1S/C14H16N2O6S/c1-9-3-6-13(22-9)12(8-21-2)16-23(19,20)10-4-5-11(14(17)18)15-7-10/h3-7,12,16H,8H2,1-2H3,(H,17,18). The molecule has 2 rings (SSSR count). The number of carboxylic acid groups (broad SMARTS) is 1. The van der Waals surface area contributed by atoms with Crippen molar-refractivity contribution in [2.24, 2.45) is 0 Å². The van der Waals surface area contributed by atoms with Crippen LogP contribution in [0.25, 0.3) is 0 Å². The highest BCUT2D eigenvalue weighted by Gasteiger charge is 2.24. The lowest BCUT2D eigenvalue weighted by Gasteiger charge is -2.16. The number of nitrogens with one attached hydrogen (secondary N) is 1. The van der Waals surface area contributed by atoms with E-state index in [1.807, 2.05) is 0 Å². The molecule has 0 saturated heterocycles. The quantitative estimate of drug-likeness (QED) is 0.780. The summed E-state index contributed by atoms with van der Waals surface area (Å²) >= 11 is 0. The molecular formula is C14H16N2O6S. The zero-order valence-corrected chi connectivity index (χ0v) is 13.3. The van der Waals surface area contributed by atoms with Crippen molar-refractivity contribution >= 4 is 16.0 Å². The molecule has 2 N–H and O–H groups in total. The summed E-state index contributed by atoms with van der Waals surface area (Å²) in [5.41, 5.74) is -0.237. The minimum absolute atomic E-state index is 0.0762. The second-order valence-electron chi connectivity index (χ2n) is 4.76. The van der Waals surface area contributed by atoms with E-state index in [1.54, 1.807) is 19.1 Å². The molecule has 0 amide bonds. The number of ether oxygens (including phenoxy) is 1. The highest BCUT2D eigenvalue weighted by Crippen LogP contribution is 2.20. The van der Waals surface area contributed by atoms with Crippen LogP contribution in [-0.4, -0.2) is 38.2 Å². The third-order valence-electron chi connectivity index (χ3n) is 3.00. The first-order chi connectivity index (χ1) is 10.8. The van der Waals surface area contributed by atoms with Gasteiger partial charge in [0, 0.05) is 13.3 Å². The molecule has 23 heavy (non-hydrogen) atoms. The number of rotatable bonds is 7. The van der Waals surface area contributed by atoms with Crippen molar-refractivity contribution in [1.29, 1.82) is 0 Å². The minimum atomic E-state index is -3.91. The largest absolute Gasteiger partial charge is 0.477 e. The zero-order valence-electron chi connectivity index (χ0n) is 12.5. The smallest absolute Gasteiger partial charge is 0.354 e. The van der Waals surface area contributed by atoms with Gasteiger partial charge in [0.1, 0.15) is 28.2 Å². The average molecular weight is 340 g/mol. The van der Waals surface area contributed by atoms with Crippen LogP contribution in [0, 0.1) is 6.92 Å². The molecule has 9 heteroatoms. The normalized spacial score (nSPS) is 13.0. The van der Waals surface area contributed by atoms with Crippen LogP contribution >= 0.6 is 0 Å². The van der Waals surface area contributed by atoms with Crippen molar-refractivity contribution in [3.63, 3.8) is 0 Å². The van der Waals surface area contributed by atoms with Gasteiger partial charge in [0.15, 0.2) is 0 Å². The van der Waals surface area contributed by atoms with E-state index in [0.717, 1.165) is 12.3 Å². The van der Waals surface area contributed by atoms with Gasteiger partial charge in [0.05, 0.1) is 6.61 Å². The molecule has 1 unspecified atom stereocenters. The predicted octanol–water partition coefficient (Wildman–Crippen LogP) is 1.35. The fraction of sp³-hybridized carbons (Fsp3) is 0.286. The topological polar surface area (TPSA) is 119 Å². The lowest BCUT2D eigenvalue weighted by atomic mass is 10.2. The Hall–Kier alpha value is -2.23. The molecule has 124 valence electrons. The van der Waals surface area contributed by atoms with Crippen LogP contribution in [0.2, 0.25) is 0 Å². The molecule has 0 aliphatic carbocycles. The average Bonchev–Trinajstić information content (AvgIpc) is 2.93. The van der Waals surface area contributed by atoms with Gasteiger partial charge in [0.2, 0.25) is 10.0 Å². The molecule has 0 fully saturated rings. The summed E-state index contributed by atoms with van der Waals surface area (Å²) in [6.07, 6.45) is 0.989. The summed E-state index contributed by atoms with van der Waals surface area (Å²) in [4.78, 5) is 14.2. The van der Waals surface area contributed by atoms with Gasteiger partial charge in [-0.1, -0.05) is 0 Å². The van der Waals surface area contributed by atoms with Gasteiger partial charge in [-0.15, -0.1) is 0 Å². The molecule has 0 spiro atoms. The number of aryl methyl sites for hydroxylation is 1. The Balaban J connectivity index is 2.25. The van der Waals surface area contributed by atoms with Crippen LogP contribution in [0.15, 0.2) is 39.8 Å². The second-order valence-corrected chi connectivity index (χ2v) is 6.48. The second kappa shape index (κ2) is 6.90. The first kappa shape index (κ1) is 17.1. The third-order valence-corrected chi connectivity index (χ3v) is 4.46. The Morgan fingerprint density at radius 2 is 2.13 bits per heavy atom. The fourth-order valence-electron chi connectivity index (χ4n) is 1.90. The van der Waals surface area contributed by atoms with Crippen molar-refractivity contribution < 1.29 is 27.5 Å². The van der Waals surface area contributed by atoms with Gasteiger partial charge in [-0.2, -0.15) is 4.72 Å². The monoisotopic (exact) mass is 340 g/mol. The SMILES string of the molecule is COCC(NS(=O)(=O)c1ccc(C(=O)O)nc1)c1ccc(C)o1. The number of aromatic carboxylic acids is 1. The lowest BCUT2D eigenvalue weighted by Crippen LogP contribution is -2.31. The van der Waals surface area contributed by atoms with Gasteiger partial charge in [-0.3, -0.25) is 0 Å². The Morgan fingerprint density at radius 1 is 1.39 bits per heavy atom. The third kappa shape index (κ3) is 4.15. The Labute approximate surface area is 133 Å². The van der Waals surface area contributed by atoms with E-state index in [2.05, 4.69) is 9.71 Å². The number of nitrogens with zero attached hydrogens (tertiary/aromatic N) is 1. The summed E-state index contributed by atoms with van der Waals surface area (Å²) in [5.74, 6) is -0.166. The van der Waals surface area contributed by atoms with Crippen LogP contribution in [0.4, 0.5) is 0 Å². The number of carbonyl (C=O) groups is 1. The number of sulfonamides is 1. The van der Waals surface area contributed by atoms with Gasteiger partial charge >= 0.3 is 5.97 Å². The van der Waals surface area contributed by atoms with Crippen molar-refractivity contribution in [2.75, 3.05) is 13.7 Å². The molecule has 2 aromatic rings. The molecule has 1 atom stereocenters. The van der Waals surface area contributed by atoms with E-state index >= 15 is 0 Å². The summed E-state index contributed by atoms with van der Waals surface area (Å²) in [7, 11) is -2.46. The number of carboxylic acids is 1. The number of hydrogen-bond acceptors (Lipinski definition) is 6. The molecule has 2 heterocycles. The number of furan rings is 1. The van der Waals surface area contributed by atoms with Gasteiger partial charge in [-0.25, -0.2) is 18.2 Å². The van der Waals surface area contributed by atoms with E-state index in [-0.39, 0.29) is 17.2 Å². The highest BCUT2D eigenvalue weighted by atomic mass is 32.2. The molecule has 0 aliphatic heterocycles. The molecule has 0 bridgehead atoms. The molecule has 0 aliphatic rings. The maximum atomic E-state index is 12.4. The van der Waals surface area contributed by atoms with Crippen molar-refractivity contribution in [2.45, 2.75) is 17.9 Å². The van der Waals surface area contributed by atoms with Crippen LogP contribution in [0.3, 0.4) is 0 Å². The van der Waals surface area contributed by atoms with E-state index in [4.69, 9.17) is 14.3 Å². The van der Waals surface area contributed by atoms with E-state index in [1.165, 1.54) is 13.2 Å². The molecule has 2 aromatic heterocycles. The Kier molecular flexibility index (Phi) is 5.14. The number of methoxy groups -OCH3 is 1. The minimum Gasteiger partial charge on any atom is -0.477 e. The van der Waals surface area contributed by atoms with Crippen molar-refractivity contribution in [3.8, 4) is 0 Å². The van der Waals surface area contributed by atoms with E-state index in [0.29, 0.717) is 11.5 Å². The molecule has 0 radical (unpaired) electrons. The fourth-order valence-corrected chi connectivity index (χ4v) is 3.04. The van der Waals surface area contributed by atoms with Gasteiger partial charge in [-0.05, 0) is 31.2 Å². The number of pyridine rings is 1. The van der Waals surface area contributed by atoms with Gasteiger partial charge < -0.3 is 14.3 Å². The van der Waals surface area contributed by atoms with Crippen LogP contribution < -0.4 is 4.72 Å². The molecule has 8 nitrogen and oxygen atoms in total. The van der Waals surface area contributed by atoms with Gasteiger partial charge in [0.25, 0.3) is 0 Å². The maximum absolute atomic E-state index is 12.4. The Bertz CT molecular complexity index is 782. The first-order valence-electron chi connectivity index (χ1n) is 6.60. The zero-order chi connectivity index (χ0) is 17.0. The van der Waals surface area contributed by atoms with Crippen molar-refractivity contribution in [1.82, 2.24) is 9.71 Å². The van der Waals surface area contributed by atoms with Crippen LogP contribution in [-0.2, 0) is 14.8 Å². The maximum Gasteiger partial charge on any atom is 0.354 e. The van der Waals surface area contributed by atoms with E-state index < -0.39 is 22.0 Å². The van der Waals surface area contributed by atoms with E-state index in [9.17, 15) is 13.2 Å². The Morgan fingerprint density at radius 3 is 2.61 bits per heavy atom. The predicted molar refractivity (Wildman–Crippen MR) is 79.6 cm³/mol.